The maximum Gasteiger partial charge on any atom is 0.128 e. The van der Waals surface area contributed by atoms with Gasteiger partial charge in [-0.05, 0) is 41.1 Å². The van der Waals surface area contributed by atoms with Crippen LogP contribution in [0.2, 0.25) is 0 Å². The number of benzene rings is 3. The van der Waals surface area contributed by atoms with Crippen molar-refractivity contribution in [1.29, 1.82) is 0 Å². The molecule has 3 rings (SSSR count). The molecule has 0 amide bonds. The van der Waals surface area contributed by atoms with Gasteiger partial charge in [0.25, 0.3) is 0 Å². The Labute approximate surface area is 137 Å². The van der Waals surface area contributed by atoms with Crippen LogP contribution in [0.5, 0.6) is 5.75 Å². The lowest BCUT2D eigenvalue weighted by Crippen LogP contribution is -1.95. The molecule has 0 aliphatic rings. The van der Waals surface area contributed by atoms with Gasteiger partial charge in [-0.25, -0.2) is 0 Å². The average Bonchev–Trinajstić information content (AvgIpc) is 2.56. The molecule has 3 nitrogen and oxygen atoms in total. The summed E-state index contributed by atoms with van der Waals surface area (Å²) in [6.45, 7) is 0. The Kier molecular flexibility index (Phi) is 4.39. The van der Waals surface area contributed by atoms with Crippen LogP contribution in [0, 0.1) is 0 Å². The molecule has 1 N–H and O–H groups in total. The molecule has 0 atom stereocenters. The van der Waals surface area contributed by atoms with Crippen molar-refractivity contribution < 1.29 is 4.74 Å². The number of rotatable bonds is 4. The van der Waals surface area contributed by atoms with Gasteiger partial charge < -0.3 is 4.74 Å². The summed E-state index contributed by atoms with van der Waals surface area (Å²) >= 11 is 3.41. The Bertz CT molecular complexity index is 813. The van der Waals surface area contributed by atoms with Gasteiger partial charge in [0.1, 0.15) is 5.75 Å². The van der Waals surface area contributed by atoms with Crippen molar-refractivity contribution in [2.75, 3.05) is 12.5 Å². The molecule has 22 heavy (non-hydrogen) atoms. The summed E-state index contributed by atoms with van der Waals surface area (Å²) in [6.07, 6.45) is 1.79. The zero-order chi connectivity index (χ0) is 15.4. The molecule has 0 spiro atoms. The van der Waals surface area contributed by atoms with Crippen LogP contribution >= 0.6 is 15.9 Å². The molecule has 0 bridgehead atoms. The molecule has 0 aliphatic carbocycles. The maximum absolute atomic E-state index is 5.45. The lowest BCUT2D eigenvalue weighted by Gasteiger charge is -2.08. The smallest absolute Gasteiger partial charge is 0.128 e. The minimum atomic E-state index is 0.806. The summed E-state index contributed by atoms with van der Waals surface area (Å²) in [5.41, 5.74) is 4.92. The van der Waals surface area contributed by atoms with E-state index >= 15 is 0 Å². The van der Waals surface area contributed by atoms with Gasteiger partial charge in [0.05, 0.1) is 19.0 Å². The summed E-state index contributed by atoms with van der Waals surface area (Å²) in [5, 5.41) is 6.60. The van der Waals surface area contributed by atoms with E-state index in [1.165, 1.54) is 0 Å². The second-order valence-corrected chi connectivity index (χ2v) is 5.70. The van der Waals surface area contributed by atoms with Crippen LogP contribution in [0.4, 0.5) is 5.69 Å². The van der Waals surface area contributed by atoms with E-state index in [-0.39, 0.29) is 0 Å². The molecule has 0 unspecified atom stereocenters. The molecule has 4 heteroatoms. The first-order valence-electron chi connectivity index (χ1n) is 6.88. The Morgan fingerprint density at radius 2 is 1.77 bits per heavy atom. The normalized spacial score (nSPS) is 11.0. The standard InChI is InChI=1S/C18H15BrN2O/c1-22-18-11-6-13-4-2-3-5-16(13)17(18)12-20-21-15-9-7-14(19)8-10-15/h2-12,21H,1H3/b20-12+. The number of nitrogens with one attached hydrogen (secondary N) is 1. The van der Waals surface area contributed by atoms with Crippen LogP contribution in [0.15, 0.2) is 70.2 Å². The number of hydrogen-bond acceptors (Lipinski definition) is 3. The second kappa shape index (κ2) is 6.62. The van der Waals surface area contributed by atoms with Gasteiger partial charge in [0.15, 0.2) is 0 Å². The summed E-state index contributed by atoms with van der Waals surface area (Å²) in [5.74, 6) is 0.806. The van der Waals surface area contributed by atoms with E-state index in [2.05, 4.69) is 38.6 Å². The number of nitrogens with zero attached hydrogens (tertiary/aromatic N) is 1. The lowest BCUT2D eigenvalue weighted by molar-refractivity contribution is 0.415. The van der Waals surface area contributed by atoms with Crippen molar-refractivity contribution in [3.63, 3.8) is 0 Å². The third-order valence-corrected chi connectivity index (χ3v) is 3.91. The van der Waals surface area contributed by atoms with Gasteiger partial charge in [0.2, 0.25) is 0 Å². The van der Waals surface area contributed by atoms with Crippen molar-refractivity contribution in [3.05, 3.63) is 70.7 Å². The highest BCUT2D eigenvalue weighted by molar-refractivity contribution is 9.10. The van der Waals surface area contributed by atoms with Crippen molar-refractivity contribution in [2.45, 2.75) is 0 Å². The molecule has 0 radical (unpaired) electrons. The molecule has 0 saturated heterocycles. The number of anilines is 1. The van der Waals surface area contributed by atoms with Crippen LogP contribution in [0.25, 0.3) is 10.8 Å². The highest BCUT2D eigenvalue weighted by Crippen LogP contribution is 2.26. The number of hydrazone groups is 1. The fourth-order valence-corrected chi connectivity index (χ4v) is 2.55. The predicted molar refractivity (Wildman–Crippen MR) is 95.9 cm³/mol. The van der Waals surface area contributed by atoms with Crippen molar-refractivity contribution in [3.8, 4) is 5.75 Å². The summed E-state index contributed by atoms with van der Waals surface area (Å²) in [4.78, 5) is 0. The number of ether oxygens (including phenoxy) is 1. The second-order valence-electron chi connectivity index (χ2n) is 4.78. The summed E-state index contributed by atoms with van der Waals surface area (Å²) in [7, 11) is 1.67. The molecule has 110 valence electrons. The predicted octanol–water partition coefficient (Wildman–Crippen LogP) is 5.06. The van der Waals surface area contributed by atoms with Gasteiger partial charge in [-0.15, -0.1) is 0 Å². The number of methoxy groups -OCH3 is 1. The van der Waals surface area contributed by atoms with Crippen molar-refractivity contribution >= 4 is 38.6 Å². The molecule has 0 aromatic heterocycles. The Balaban J connectivity index is 1.91. The third kappa shape index (κ3) is 3.12. The minimum Gasteiger partial charge on any atom is -0.496 e. The fraction of sp³-hybridized carbons (Fsp3) is 0.0556. The number of halogens is 1. The summed E-state index contributed by atoms with van der Waals surface area (Å²) < 4.78 is 6.49. The monoisotopic (exact) mass is 354 g/mol. The van der Waals surface area contributed by atoms with Crippen LogP contribution in [-0.4, -0.2) is 13.3 Å². The van der Waals surface area contributed by atoms with Crippen LogP contribution in [-0.2, 0) is 0 Å². The van der Waals surface area contributed by atoms with E-state index < -0.39 is 0 Å². The van der Waals surface area contributed by atoms with Crippen LogP contribution < -0.4 is 10.2 Å². The molecule has 3 aromatic rings. The SMILES string of the molecule is COc1ccc2ccccc2c1/C=N/Nc1ccc(Br)cc1. The van der Waals surface area contributed by atoms with E-state index in [1.807, 2.05) is 48.5 Å². The van der Waals surface area contributed by atoms with E-state index in [0.717, 1.165) is 32.2 Å². The molecule has 0 fully saturated rings. The van der Waals surface area contributed by atoms with Crippen molar-refractivity contribution in [2.24, 2.45) is 5.10 Å². The highest BCUT2D eigenvalue weighted by Gasteiger charge is 2.05. The van der Waals surface area contributed by atoms with E-state index in [4.69, 9.17) is 4.74 Å². The summed E-state index contributed by atoms with van der Waals surface area (Å²) in [6, 6.07) is 20.1. The topological polar surface area (TPSA) is 33.6 Å². The first-order chi connectivity index (χ1) is 10.8. The quantitative estimate of drug-likeness (QED) is 0.524. The highest BCUT2D eigenvalue weighted by atomic mass is 79.9. The Morgan fingerprint density at radius 1 is 1.00 bits per heavy atom. The third-order valence-electron chi connectivity index (χ3n) is 3.38. The van der Waals surface area contributed by atoms with Crippen LogP contribution in [0.3, 0.4) is 0 Å². The number of hydrogen-bond donors (Lipinski definition) is 1. The van der Waals surface area contributed by atoms with Gasteiger partial charge in [-0.1, -0.05) is 46.3 Å². The first kappa shape index (κ1) is 14.6. The maximum atomic E-state index is 5.45. The molecular weight excluding hydrogens is 340 g/mol. The molecular formula is C18H15BrN2O. The molecule has 3 aromatic carbocycles. The average molecular weight is 355 g/mol. The van der Waals surface area contributed by atoms with Crippen molar-refractivity contribution in [1.82, 2.24) is 0 Å². The largest absolute Gasteiger partial charge is 0.496 e. The number of fused-ring (bicyclic) bond motifs is 1. The van der Waals surface area contributed by atoms with Gasteiger partial charge in [-0.2, -0.15) is 5.10 Å². The molecule has 0 aliphatic heterocycles. The molecule has 0 saturated carbocycles. The lowest BCUT2D eigenvalue weighted by atomic mass is 10.0. The Morgan fingerprint density at radius 3 is 2.55 bits per heavy atom. The minimum absolute atomic E-state index is 0.806. The van der Waals surface area contributed by atoms with E-state index in [9.17, 15) is 0 Å². The van der Waals surface area contributed by atoms with Crippen LogP contribution in [0.1, 0.15) is 5.56 Å². The zero-order valence-corrected chi connectivity index (χ0v) is 13.7. The fourth-order valence-electron chi connectivity index (χ4n) is 2.28. The Hall–Kier alpha value is -2.33. The van der Waals surface area contributed by atoms with E-state index in [1.54, 1.807) is 13.3 Å². The first-order valence-corrected chi connectivity index (χ1v) is 7.67. The zero-order valence-electron chi connectivity index (χ0n) is 12.1. The molecule has 0 heterocycles. The van der Waals surface area contributed by atoms with Gasteiger partial charge in [0, 0.05) is 10.0 Å². The van der Waals surface area contributed by atoms with E-state index in [0.29, 0.717) is 0 Å². The van der Waals surface area contributed by atoms with Gasteiger partial charge >= 0.3 is 0 Å². The van der Waals surface area contributed by atoms with Gasteiger partial charge in [-0.3, -0.25) is 5.43 Å².